The second-order valence-electron chi connectivity index (χ2n) is 9.52. The zero-order valence-corrected chi connectivity index (χ0v) is 20.4. The van der Waals surface area contributed by atoms with E-state index in [2.05, 4.69) is 17.2 Å². The van der Waals surface area contributed by atoms with Crippen molar-refractivity contribution in [1.29, 1.82) is 0 Å². The maximum Gasteiger partial charge on any atom is 0.227 e. The Morgan fingerprint density at radius 1 is 1.03 bits per heavy atom. The molecule has 1 aromatic heterocycles. The molecule has 3 aromatic rings. The number of halogens is 1. The lowest BCUT2D eigenvalue weighted by molar-refractivity contribution is -0.119. The van der Waals surface area contributed by atoms with E-state index in [0.29, 0.717) is 24.8 Å². The highest BCUT2D eigenvalue weighted by Crippen LogP contribution is 2.47. The van der Waals surface area contributed by atoms with Crippen molar-refractivity contribution in [3.63, 3.8) is 0 Å². The van der Waals surface area contributed by atoms with Crippen molar-refractivity contribution in [3.8, 4) is 0 Å². The molecule has 2 unspecified atom stereocenters. The van der Waals surface area contributed by atoms with Gasteiger partial charge in [0.1, 0.15) is 5.82 Å². The smallest absolute Gasteiger partial charge is 0.227 e. The van der Waals surface area contributed by atoms with E-state index in [1.807, 2.05) is 36.4 Å². The van der Waals surface area contributed by atoms with Gasteiger partial charge in [0.2, 0.25) is 5.91 Å². The maximum atomic E-state index is 13.9. The van der Waals surface area contributed by atoms with Crippen molar-refractivity contribution >= 4 is 23.1 Å². The number of allylic oxidation sites excluding steroid dienone is 1. The first kappa shape index (κ1) is 23.9. The van der Waals surface area contributed by atoms with Crippen LogP contribution in [0.3, 0.4) is 0 Å². The van der Waals surface area contributed by atoms with E-state index < -0.39 is 6.04 Å². The molecule has 0 spiro atoms. The van der Waals surface area contributed by atoms with Crippen LogP contribution in [0.1, 0.15) is 68.5 Å². The zero-order valence-electron chi connectivity index (χ0n) is 20.4. The van der Waals surface area contributed by atoms with E-state index in [0.717, 1.165) is 47.5 Å². The number of carbonyl (C=O) groups excluding carboxylic acids is 2. The molecule has 0 radical (unpaired) electrons. The summed E-state index contributed by atoms with van der Waals surface area (Å²) in [5.41, 5.74) is 4.72. The van der Waals surface area contributed by atoms with E-state index in [-0.39, 0.29) is 23.4 Å². The number of fused-ring (bicyclic) bond motifs is 1. The summed E-state index contributed by atoms with van der Waals surface area (Å²) in [6.45, 7) is 2.11. The molecule has 2 atom stereocenters. The summed E-state index contributed by atoms with van der Waals surface area (Å²) >= 11 is 0. The Morgan fingerprint density at radius 2 is 1.83 bits per heavy atom. The summed E-state index contributed by atoms with van der Waals surface area (Å²) in [6, 6.07) is 17.3. The lowest BCUT2D eigenvalue weighted by Gasteiger charge is -2.35. The number of aromatic nitrogens is 1. The zero-order chi connectivity index (χ0) is 25.1. The summed E-state index contributed by atoms with van der Waals surface area (Å²) in [7, 11) is 0. The lowest BCUT2D eigenvalue weighted by Crippen LogP contribution is -2.38. The Morgan fingerprint density at radius 3 is 2.58 bits per heavy atom. The lowest BCUT2D eigenvalue weighted by atomic mass is 9.78. The molecule has 1 aliphatic carbocycles. The fraction of sp³-hybridized carbons (Fsp3) is 0.300. The average Bonchev–Trinajstić information content (AvgIpc) is 3.04. The Kier molecular flexibility index (Phi) is 6.94. The summed E-state index contributed by atoms with van der Waals surface area (Å²) < 4.78 is 13.6. The van der Waals surface area contributed by atoms with Crippen molar-refractivity contribution in [1.82, 2.24) is 4.98 Å². The fourth-order valence-corrected chi connectivity index (χ4v) is 5.34. The third-order valence-corrected chi connectivity index (χ3v) is 7.09. The monoisotopic (exact) mass is 483 g/mol. The van der Waals surface area contributed by atoms with E-state index >= 15 is 0 Å². The van der Waals surface area contributed by atoms with E-state index in [9.17, 15) is 14.0 Å². The molecule has 0 bridgehead atoms. The molecule has 1 N–H and O–H groups in total. The molecular formula is C30H30FN3O2. The number of nitrogens with one attached hydrogen (secondary N) is 1. The quantitative estimate of drug-likeness (QED) is 0.396. The molecule has 36 heavy (non-hydrogen) atoms. The minimum Gasteiger partial charge on any atom is -0.357 e. The number of ketones is 1. The van der Waals surface area contributed by atoms with Gasteiger partial charge < -0.3 is 5.32 Å². The topological polar surface area (TPSA) is 62.3 Å². The summed E-state index contributed by atoms with van der Waals surface area (Å²) in [4.78, 5) is 33.8. The number of benzene rings is 2. The van der Waals surface area contributed by atoms with Crippen molar-refractivity contribution in [2.75, 3.05) is 10.2 Å². The minimum absolute atomic E-state index is 0.00578. The molecule has 5 nitrogen and oxygen atoms in total. The molecule has 0 saturated carbocycles. The van der Waals surface area contributed by atoms with Crippen LogP contribution in [0.5, 0.6) is 0 Å². The Hall–Kier alpha value is -3.80. The van der Waals surface area contributed by atoms with Crippen LogP contribution < -0.4 is 10.2 Å². The number of para-hydroxylation sites is 2. The second-order valence-corrected chi connectivity index (χ2v) is 9.52. The molecule has 0 fully saturated rings. The molecular weight excluding hydrogens is 453 g/mol. The van der Waals surface area contributed by atoms with Crippen molar-refractivity contribution in [2.45, 2.75) is 57.4 Å². The van der Waals surface area contributed by atoms with Crippen LogP contribution >= 0.6 is 0 Å². The number of rotatable bonds is 6. The number of nitrogens with zero attached hydrogens (tertiary/aromatic N) is 2. The number of unbranched alkanes of at least 4 members (excludes halogenated alkanes) is 2. The normalized spacial score (nSPS) is 19.3. The molecule has 2 heterocycles. The summed E-state index contributed by atoms with van der Waals surface area (Å²) in [5, 5.41) is 3.53. The van der Waals surface area contributed by atoms with Gasteiger partial charge in [0.25, 0.3) is 0 Å². The summed E-state index contributed by atoms with van der Waals surface area (Å²) in [5.74, 6) is -0.381. The minimum atomic E-state index is -0.569. The molecule has 1 amide bonds. The third kappa shape index (κ3) is 4.68. The number of hydrogen-bond acceptors (Lipinski definition) is 4. The highest BCUT2D eigenvalue weighted by atomic mass is 19.1. The van der Waals surface area contributed by atoms with Crippen LogP contribution in [-0.2, 0) is 9.59 Å². The molecule has 6 heteroatoms. The van der Waals surface area contributed by atoms with Crippen LogP contribution in [0.15, 0.2) is 84.3 Å². The summed E-state index contributed by atoms with van der Waals surface area (Å²) in [6.07, 6.45) is 7.55. The van der Waals surface area contributed by atoms with Crippen molar-refractivity contribution in [3.05, 3.63) is 101 Å². The first-order valence-corrected chi connectivity index (χ1v) is 12.7. The predicted octanol–water partition coefficient (Wildman–Crippen LogP) is 6.70. The molecule has 1 aliphatic heterocycles. The van der Waals surface area contributed by atoms with Crippen LogP contribution in [0.4, 0.5) is 15.8 Å². The first-order valence-electron chi connectivity index (χ1n) is 12.7. The number of hydrogen-bond donors (Lipinski definition) is 1. The van der Waals surface area contributed by atoms with Crippen molar-refractivity contribution in [2.24, 2.45) is 0 Å². The maximum absolute atomic E-state index is 13.9. The van der Waals surface area contributed by atoms with Gasteiger partial charge in [0, 0.05) is 36.5 Å². The molecule has 184 valence electrons. The van der Waals surface area contributed by atoms with Gasteiger partial charge in [-0.3, -0.25) is 19.5 Å². The molecule has 2 aliphatic rings. The highest BCUT2D eigenvalue weighted by Gasteiger charge is 2.41. The fourth-order valence-electron chi connectivity index (χ4n) is 5.34. The van der Waals surface area contributed by atoms with Crippen LogP contribution in [-0.4, -0.2) is 16.7 Å². The number of pyridine rings is 1. The SMILES string of the molecule is CCCCCC(=O)N1c2ccccc2NC2=C(C(=O)CC(c3ccc(F)cc3)C2)C1c1cccnc1. The van der Waals surface area contributed by atoms with E-state index in [1.54, 1.807) is 29.4 Å². The highest BCUT2D eigenvalue weighted by molar-refractivity contribution is 6.06. The largest absolute Gasteiger partial charge is 0.357 e. The van der Waals surface area contributed by atoms with Gasteiger partial charge >= 0.3 is 0 Å². The molecule has 0 saturated heterocycles. The standard InChI is InChI=1S/C30H30FN3O2/c1-2-3-4-11-28(36)34-26-10-6-5-9-24(26)33-25-17-22(20-12-14-23(31)15-13-20)18-27(35)29(25)30(34)21-8-7-16-32-19-21/h5-10,12-16,19,22,30,33H,2-4,11,17-18H2,1H3. The van der Waals surface area contributed by atoms with E-state index in [4.69, 9.17) is 0 Å². The van der Waals surface area contributed by atoms with Gasteiger partial charge in [-0.05, 0) is 60.2 Å². The van der Waals surface area contributed by atoms with E-state index in [1.165, 1.54) is 12.1 Å². The van der Waals surface area contributed by atoms with Gasteiger partial charge in [-0.25, -0.2) is 4.39 Å². The Balaban J connectivity index is 1.64. The Labute approximate surface area is 211 Å². The number of anilines is 2. The van der Waals surface area contributed by atoms with Crippen LogP contribution in [0.2, 0.25) is 0 Å². The number of carbonyl (C=O) groups is 2. The van der Waals surface area contributed by atoms with Crippen molar-refractivity contribution < 1.29 is 14.0 Å². The molecule has 5 rings (SSSR count). The van der Waals surface area contributed by atoms with Gasteiger partial charge in [0.15, 0.2) is 5.78 Å². The Bertz CT molecular complexity index is 1290. The third-order valence-electron chi connectivity index (χ3n) is 7.09. The molecule has 2 aromatic carbocycles. The average molecular weight is 484 g/mol. The van der Waals surface area contributed by atoms with Gasteiger partial charge in [-0.1, -0.05) is 50.1 Å². The van der Waals surface area contributed by atoms with Crippen LogP contribution in [0.25, 0.3) is 0 Å². The number of Topliss-reactive ketones (excluding diaryl/α,β-unsaturated/α-hetero) is 1. The van der Waals surface area contributed by atoms with Gasteiger partial charge in [-0.15, -0.1) is 0 Å². The number of amides is 1. The van der Waals surface area contributed by atoms with Gasteiger partial charge in [0.05, 0.1) is 17.4 Å². The predicted molar refractivity (Wildman–Crippen MR) is 139 cm³/mol. The first-order chi connectivity index (χ1) is 17.6. The second kappa shape index (κ2) is 10.4. The van der Waals surface area contributed by atoms with Gasteiger partial charge in [-0.2, -0.15) is 0 Å². The van der Waals surface area contributed by atoms with Crippen LogP contribution in [0, 0.1) is 5.82 Å².